The number of hydrogen-bond acceptors (Lipinski definition) is 5. The Labute approximate surface area is 209 Å². The summed E-state index contributed by atoms with van der Waals surface area (Å²) in [5.41, 5.74) is 3.16. The van der Waals surface area contributed by atoms with E-state index < -0.39 is 0 Å². The van der Waals surface area contributed by atoms with Crippen LogP contribution in [0.5, 0.6) is 17.2 Å². The van der Waals surface area contributed by atoms with E-state index in [1.807, 2.05) is 29.2 Å². The van der Waals surface area contributed by atoms with Crippen molar-refractivity contribution in [1.29, 1.82) is 0 Å². The Hall–Kier alpha value is -2.44. The summed E-state index contributed by atoms with van der Waals surface area (Å²) in [5.74, 6) is 2.87. The molecule has 1 fully saturated rings. The molecule has 1 saturated heterocycles. The fraction of sp³-hybridized carbons (Fsp3) is 0.519. The molecule has 2 aliphatic heterocycles. The summed E-state index contributed by atoms with van der Waals surface area (Å²) in [6, 6.07) is 12.2. The van der Waals surface area contributed by atoms with Crippen LogP contribution in [-0.4, -0.2) is 69.8 Å². The molecule has 0 aromatic heterocycles. The van der Waals surface area contributed by atoms with E-state index in [9.17, 15) is 4.79 Å². The molecule has 1 atom stereocenters. The standard InChI is InChI=1S/C27H36N2O4.ClH/c1-31-23-10-8-20(9-11-23)6-4-13-28-14-5-7-21(18-28)19-29-15-12-22-16-25(32-2)26(33-3)17-24(22)27(29)30;/h8-11,16-17,21H,4-7,12-15,18-19H2,1-3H3;1H. The largest absolute Gasteiger partial charge is 0.497 e. The van der Waals surface area contributed by atoms with Gasteiger partial charge in [-0.3, -0.25) is 4.79 Å². The van der Waals surface area contributed by atoms with Gasteiger partial charge in [-0.2, -0.15) is 0 Å². The molecular weight excluding hydrogens is 452 g/mol. The molecule has 2 heterocycles. The SMILES string of the molecule is COc1ccc(CCCN2CCCC(CN3CCc4cc(OC)c(OC)cc4C3=O)C2)cc1.Cl. The molecule has 0 aliphatic carbocycles. The van der Waals surface area contributed by atoms with Gasteiger partial charge in [0.15, 0.2) is 11.5 Å². The van der Waals surface area contributed by atoms with Gasteiger partial charge in [0.25, 0.3) is 5.91 Å². The molecule has 0 saturated carbocycles. The van der Waals surface area contributed by atoms with E-state index in [2.05, 4.69) is 17.0 Å². The van der Waals surface area contributed by atoms with Crippen molar-refractivity contribution in [3.63, 3.8) is 0 Å². The highest BCUT2D eigenvalue weighted by Gasteiger charge is 2.29. The van der Waals surface area contributed by atoms with E-state index in [1.54, 1.807) is 21.3 Å². The normalized spacial score (nSPS) is 18.1. The third-order valence-electron chi connectivity index (χ3n) is 6.96. The fourth-order valence-corrected chi connectivity index (χ4v) is 5.14. The molecule has 0 spiro atoms. The summed E-state index contributed by atoms with van der Waals surface area (Å²) in [6.07, 6.45) is 5.49. The van der Waals surface area contributed by atoms with E-state index in [0.29, 0.717) is 17.4 Å². The zero-order valence-corrected chi connectivity index (χ0v) is 21.4. The maximum atomic E-state index is 13.2. The first-order chi connectivity index (χ1) is 16.1. The van der Waals surface area contributed by atoms with Crippen molar-refractivity contribution >= 4 is 18.3 Å². The molecule has 2 aromatic carbocycles. The lowest BCUT2D eigenvalue weighted by Crippen LogP contribution is -2.45. The Morgan fingerprint density at radius 2 is 1.71 bits per heavy atom. The Balaban J connectivity index is 0.00000324. The molecule has 1 unspecified atom stereocenters. The zero-order valence-electron chi connectivity index (χ0n) is 20.5. The van der Waals surface area contributed by atoms with Crippen molar-refractivity contribution in [3.05, 3.63) is 53.1 Å². The van der Waals surface area contributed by atoms with Crippen molar-refractivity contribution in [2.45, 2.75) is 32.1 Å². The molecule has 34 heavy (non-hydrogen) atoms. The predicted molar refractivity (Wildman–Crippen MR) is 137 cm³/mol. The van der Waals surface area contributed by atoms with Gasteiger partial charge >= 0.3 is 0 Å². The summed E-state index contributed by atoms with van der Waals surface area (Å²) in [5, 5.41) is 0. The molecule has 1 amide bonds. The first-order valence-electron chi connectivity index (χ1n) is 12.0. The number of methoxy groups -OCH3 is 3. The Morgan fingerprint density at radius 3 is 2.41 bits per heavy atom. The quantitative estimate of drug-likeness (QED) is 0.521. The molecular formula is C27H37ClN2O4. The molecule has 0 N–H and O–H groups in total. The predicted octanol–water partition coefficient (Wildman–Crippen LogP) is 4.48. The van der Waals surface area contributed by atoms with Crippen LogP contribution in [-0.2, 0) is 12.8 Å². The highest BCUT2D eigenvalue weighted by Crippen LogP contribution is 2.33. The molecule has 4 rings (SSSR count). The number of rotatable bonds is 9. The van der Waals surface area contributed by atoms with Gasteiger partial charge in [-0.1, -0.05) is 12.1 Å². The van der Waals surface area contributed by atoms with Gasteiger partial charge in [-0.15, -0.1) is 12.4 Å². The summed E-state index contributed by atoms with van der Waals surface area (Å²) >= 11 is 0. The van der Waals surface area contributed by atoms with Gasteiger partial charge < -0.3 is 24.0 Å². The molecule has 6 nitrogen and oxygen atoms in total. The molecule has 7 heteroatoms. The molecule has 0 radical (unpaired) electrons. The first kappa shape index (κ1) is 26.2. The number of piperidine rings is 1. The number of halogens is 1. The number of aryl methyl sites for hydroxylation is 1. The Morgan fingerprint density at radius 1 is 0.971 bits per heavy atom. The zero-order chi connectivity index (χ0) is 23.2. The van der Waals surface area contributed by atoms with Gasteiger partial charge in [0.1, 0.15) is 5.75 Å². The number of ether oxygens (including phenoxy) is 3. The number of hydrogen-bond donors (Lipinski definition) is 0. The summed E-state index contributed by atoms with van der Waals surface area (Å²) in [7, 11) is 4.94. The van der Waals surface area contributed by atoms with E-state index in [-0.39, 0.29) is 18.3 Å². The minimum absolute atomic E-state index is 0. The van der Waals surface area contributed by atoms with Crippen LogP contribution in [0.1, 0.15) is 40.7 Å². The lowest BCUT2D eigenvalue weighted by molar-refractivity contribution is 0.0660. The minimum Gasteiger partial charge on any atom is -0.497 e. The third kappa shape index (κ3) is 6.16. The number of likely N-dealkylation sites (tertiary alicyclic amines) is 1. The number of amides is 1. The van der Waals surface area contributed by atoms with Crippen molar-refractivity contribution < 1.29 is 19.0 Å². The van der Waals surface area contributed by atoms with Crippen molar-refractivity contribution in [3.8, 4) is 17.2 Å². The highest BCUT2D eigenvalue weighted by molar-refractivity contribution is 5.97. The van der Waals surface area contributed by atoms with Gasteiger partial charge in [0.2, 0.25) is 0 Å². The van der Waals surface area contributed by atoms with Crippen LogP contribution in [0.2, 0.25) is 0 Å². The Kier molecular flexibility index (Phi) is 9.48. The molecule has 2 aliphatic rings. The summed E-state index contributed by atoms with van der Waals surface area (Å²) in [4.78, 5) is 17.8. The van der Waals surface area contributed by atoms with E-state index in [0.717, 1.165) is 68.9 Å². The lowest BCUT2D eigenvalue weighted by atomic mass is 9.93. The smallest absolute Gasteiger partial charge is 0.254 e. The second-order valence-electron chi connectivity index (χ2n) is 9.13. The van der Waals surface area contributed by atoms with Crippen LogP contribution in [0, 0.1) is 5.92 Å². The lowest BCUT2D eigenvalue weighted by Gasteiger charge is -2.37. The highest BCUT2D eigenvalue weighted by atomic mass is 35.5. The number of carbonyl (C=O) groups is 1. The number of nitrogens with zero attached hydrogens (tertiary/aromatic N) is 2. The second kappa shape index (κ2) is 12.3. The fourth-order valence-electron chi connectivity index (χ4n) is 5.14. The van der Waals surface area contributed by atoms with Gasteiger partial charge in [-0.25, -0.2) is 0 Å². The van der Waals surface area contributed by atoms with E-state index in [4.69, 9.17) is 14.2 Å². The second-order valence-corrected chi connectivity index (χ2v) is 9.13. The number of carbonyl (C=O) groups excluding carboxylic acids is 1. The number of fused-ring (bicyclic) bond motifs is 1. The van der Waals surface area contributed by atoms with Gasteiger partial charge in [-0.05, 0) is 86.5 Å². The van der Waals surface area contributed by atoms with Crippen molar-refractivity contribution in [1.82, 2.24) is 9.80 Å². The van der Waals surface area contributed by atoms with Crippen LogP contribution >= 0.6 is 12.4 Å². The van der Waals surface area contributed by atoms with Crippen LogP contribution < -0.4 is 14.2 Å². The monoisotopic (exact) mass is 488 g/mol. The minimum atomic E-state index is 0. The van der Waals surface area contributed by atoms with Crippen LogP contribution in [0.4, 0.5) is 0 Å². The van der Waals surface area contributed by atoms with Gasteiger partial charge in [0, 0.05) is 25.2 Å². The molecule has 0 bridgehead atoms. The van der Waals surface area contributed by atoms with Crippen LogP contribution in [0.25, 0.3) is 0 Å². The van der Waals surface area contributed by atoms with E-state index in [1.165, 1.54) is 18.4 Å². The van der Waals surface area contributed by atoms with Crippen LogP contribution in [0.15, 0.2) is 36.4 Å². The Bertz CT molecular complexity index is 950. The average molecular weight is 489 g/mol. The van der Waals surface area contributed by atoms with Crippen LogP contribution in [0.3, 0.4) is 0 Å². The van der Waals surface area contributed by atoms with E-state index >= 15 is 0 Å². The van der Waals surface area contributed by atoms with Gasteiger partial charge in [0.05, 0.1) is 21.3 Å². The number of benzene rings is 2. The third-order valence-corrected chi connectivity index (χ3v) is 6.96. The van der Waals surface area contributed by atoms with Crippen molar-refractivity contribution in [2.75, 3.05) is 54.1 Å². The maximum absolute atomic E-state index is 13.2. The maximum Gasteiger partial charge on any atom is 0.254 e. The first-order valence-corrected chi connectivity index (χ1v) is 12.0. The molecule has 186 valence electrons. The average Bonchev–Trinajstić information content (AvgIpc) is 2.86. The summed E-state index contributed by atoms with van der Waals surface area (Å²) < 4.78 is 16.1. The molecule has 2 aromatic rings. The van der Waals surface area contributed by atoms with Crippen molar-refractivity contribution in [2.24, 2.45) is 5.92 Å². The summed E-state index contributed by atoms with van der Waals surface area (Å²) in [6.45, 7) is 4.95. The topological polar surface area (TPSA) is 51.2 Å².